The molecule has 0 spiro atoms. The highest BCUT2D eigenvalue weighted by Gasteiger charge is 2.52. The molecule has 1 saturated heterocycles. The summed E-state index contributed by atoms with van der Waals surface area (Å²) in [6.45, 7) is 0. The Labute approximate surface area is 120 Å². The van der Waals surface area contributed by atoms with E-state index in [2.05, 4.69) is 0 Å². The van der Waals surface area contributed by atoms with Gasteiger partial charge in [-0.05, 0) is 24.3 Å². The summed E-state index contributed by atoms with van der Waals surface area (Å²) in [5, 5.41) is 11.2. The fraction of sp³-hybridized carbons (Fsp3) is 0.500. The third-order valence-corrected chi connectivity index (χ3v) is 5.10. The number of carboxylic acid groups (broad SMARTS) is 1. The van der Waals surface area contributed by atoms with E-state index in [9.17, 15) is 19.5 Å². The lowest BCUT2D eigenvalue weighted by Gasteiger charge is -2.22. The molecule has 1 aromatic rings. The molecule has 6 heteroatoms. The van der Waals surface area contributed by atoms with E-state index in [1.807, 2.05) is 0 Å². The Morgan fingerprint density at radius 1 is 1.25 bits per heavy atom. The standard InChI is InChI=1S/C14H15NO4S/c16-12-8-4-1-2-5-9(8)13(17)15(12)11(14(18)19)10-6-3-7-20-10/h3,6-9,11H,1-2,4-5H2,(H,18,19). The highest BCUT2D eigenvalue weighted by Crippen LogP contribution is 2.42. The molecular weight excluding hydrogens is 278 g/mol. The number of likely N-dealkylation sites (tertiary alicyclic amines) is 1. The van der Waals surface area contributed by atoms with Crippen molar-refractivity contribution in [1.29, 1.82) is 0 Å². The largest absolute Gasteiger partial charge is 0.479 e. The highest BCUT2D eigenvalue weighted by molar-refractivity contribution is 7.10. The van der Waals surface area contributed by atoms with Crippen LogP contribution in [-0.4, -0.2) is 27.8 Å². The summed E-state index contributed by atoms with van der Waals surface area (Å²) in [6.07, 6.45) is 3.26. The zero-order chi connectivity index (χ0) is 14.3. The summed E-state index contributed by atoms with van der Waals surface area (Å²) in [5.41, 5.74) is 0. The maximum atomic E-state index is 12.4. The smallest absolute Gasteiger partial charge is 0.332 e. The number of aliphatic carboxylic acids is 1. The molecule has 5 nitrogen and oxygen atoms in total. The van der Waals surface area contributed by atoms with E-state index in [0.29, 0.717) is 17.7 Å². The number of hydrogen-bond donors (Lipinski definition) is 1. The van der Waals surface area contributed by atoms with Crippen LogP contribution >= 0.6 is 11.3 Å². The number of hydrogen-bond acceptors (Lipinski definition) is 4. The Kier molecular flexibility index (Phi) is 3.33. The molecule has 2 aliphatic rings. The molecule has 20 heavy (non-hydrogen) atoms. The fourth-order valence-electron chi connectivity index (χ4n) is 3.25. The Balaban J connectivity index is 1.97. The van der Waals surface area contributed by atoms with Gasteiger partial charge in [0.05, 0.1) is 11.8 Å². The predicted molar refractivity (Wildman–Crippen MR) is 72.0 cm³/mol. The van der Waals surface area contributed by atoms with Crippen LogP contribution in [0.25, 0.3) is 0 Å². The van der Waals surface area contributed by atoms with Gasteiger partial charge in [0.2, 0.25) is 11.8 Å². The van der Waals surface area contributed by atoms with Crippen LogP contribution < -0.4 is 0 Å². The monoisotopic (exact) mass is 293 g/mol. The molecule has 1 aliphatic heterocycles. The summed E-state index contributed by atoms with van der Waals surface area (Å²) < 4.78 is 0. The van der Waals surface area contributed by atoms with Crippen LogP contribution in [0.15, 0.2) is 17.5 Å². The molecule has 106 valence electrons. The maximum Gasteiger partial charge on any atom is 0.332 e. The van der Waals surface area contributed by atoms with Crippen LogP contribution in [-0.2, 0) is 14.4 Å². The van der Waals surface area contributed by atoms with E-state index in [-0.39, 0.29) is 23.7 Å². The van der Waals surface area contributed by atoms with E-state index in [0.717, 1.165) is 17.7 Å². The van der Waals surface area contributed by atoms with Gasteiger partial charge in [0.15, 0.2) is 6.04 Å². The van der Waals surface area contributed by atoms with Gasteiger partial charge in [-0.2, -0.15) is 0 Å². The number of imide groups is 1. The van der Waals surface area contributed by atoms with Crippen molar-refractivity contribution >= 4 is 29.1 Å². The molecular formula is C14H15NO4S. The normalized spacial score (nSPS) is 27.5. The van der Waals surface area contributed by atoms with Crippen LogP contribution in [0, 0.1) is 11.8 Å². The van der Waals surface area contributed by atoms with E-state index in [4.69, 9.17) is 0 Å². The molecule has 1 aliphatic carbocycles. The molecule has 3 rings (SSSR count). The lowest BCUT2D eigenvalue weighted by atomic mass is 9.81. The first kappa shape index (κ1) is 13.3. The molecule has 1 aromatic heterocycles. The zero-order valence-corrected chi connectivity index (χ0v) is 11.6. The molecule has 2 heterocycles. The molecule has 2 amide bonds. The van der Waals surface area contributed by atoms with Crippen LogP contribution in [0.5, 0.6) is 0 Å². The quantitative estimate of drug-likeness (QED) is 0.865. The van der Waals surface area contributed by atoms with Gasteiger partial charge in [-0.25, -0.2) is 4.79 Å². The first-order valence-electron chi connectivity index (χ1n) is 6.74. The van der Waals surface area contributed by atoms with Crippen molar-refractivity contribution in [2.24, 2.45) is 11.8 Å². The fourth-order valence-corrected chi connectivity index (χ4v) is 4.06. The van der Waals surface area contributed by atoms with Crippen LogP contribution in [0.3, 0.4) is 0 Å². The number of carboxylic acids is 1. The first-order chi connectivity index (χ1) is 9.61. The summed E-state index contributed by atoms with van der Waals surface area (Å²) in [7, 11) is 0. The summed E-state index contributed by atoms with van der Waals surface area (Å²) >= 11 is 1.26. The van der Waals surface area contributed by atoms with Gasteiger partial charge in [0, 0.05) is 4.88 Å². The number of carbonyl (C=O) groups is 3. The third kappa shape index (κ3) is 1.95. The lowest BCUT2D eigenvalue weighted by molar-refractivity contribution is -0.155. The Bertz CT molecular complexity index is 530. The SMILES string of the molecule is O=C(O)C(c1cccs1)N1C(=O)C2CCCCC2C1=O. The minimum atomic E-state index is -1.17. The van der Waals surface area contributed by atoms with Crippen molar-refractivity contribution in [2.75, 3.05) is 0 Å². The number of fused-ring (bicyclic) bond motifs is 1. The average Bonchev–Trinajstić information content (AvgIpc) is 3.03. The van der Waals surface area contributed by atoms with Crippen LogP contribution in [0.1, 0.15) is 36.6 Å². The van der Waals surface area contributed by atoms with Crippen molar-refractivity contribution in [3.8, 4) is 0 Å². The van der Waals surface area contributed by atoms with Gasteiger partial charge in [0.1, 0.15) is 0 Å². The minimum Gasteiger partial charge on any atom is -0.479 e. The predicted octanol–water partition coefficient (Wildman–Crippen LogP) is 2.05. The van der Waals surface area contributed by atoms with Crippen LogP contribution in [0.4, 0.5) is 0 Å². The second kappa shape index (κ2) is 5.01. The second-order valence-corrected chi connectivity index (χ2v) is 6.28. The molecule has 1 saturated carbocycles. The van der Waals surface area contributed by atoms with E-state index >= 15 is 0 Å². The molecule has 0 radical (unpaired) electrons. The topological polar surface area (TPSA) is 74.7 Å². The van der Waals surface area contributed by atoms with Gasteiger partial charge < -0.3 is 5.11 Å². The number of thiophene rings is 1. The molecule has 3 unspecified atom stereocenters. The van der Waals surface area contributed by atoms with Gasteiger partial charge in [0.25, 0.3) is 0 Å². The van der Waals surface area contributed by atoms with E-state index < -0.39 is 12.0 Å². The molecule has 1 N–H and O–H groups in total. The van der Waals surface area contributed by atoms with Gasteiger partial charge in [-0.15, -0.1) is 11.3 Å². The molecule has 0 bridgehead atoms. The van der Waals surface area contributed by atoms with Crippen molar-refractivity contribution in [3.05, 3.63) is 22.4 Å². The Morgan fingerprint density at radius 3 is 2.30 bits per heavy atom. The van der Waals surface area contributed by atoms with Crippen molar-refractivity contribution in [1.82, 2.24) is 4.90 Å². The van der Waals surface area contributed by atoms with Crippen molar-refractivity contribution in [3.63, 3.8) is 0 Å². The van der Waals surface area contributed by atoms with Gasteiger partial charge in [-0.3, -0.25) is 14.5 Å². The Hall–Kier alpha value is -1.69. The summed E-state index contributed by atoms with van der Waals surface area (Å²) in [5.74, 6) is -2.37. The van der Waals surface area contributed by atoms with Crippen molar-refractivity contribution < 1.29 is 19.5 Å². The second-order valence-electron chi connectivity index (χ2n) is 5.30. The summed E-state index contributed by atoms with van der Waals surface area (Å²) in [4.78, 5) is 37.9. The van der Waals surface area contributed by atoms with Gasteiger partial charge in [-0.1, -0.05) is 18.9 Å². The molecule has 2 fully saturated rings. The van der Waals surface area contributed by atoms with Crippen molar-refractivity contribution in [2.45, 2.75) is 31.7 Å². The molecule has 3 atom stereocenters. The van der Waals surface area contributed by atoms with Gasteiger partial charge >= 0.3 is 5.97 Å². The average molecular weight is 293 g/mol. The van der Waals surface area contributed by atoms with Crippen LogP contribution in [0.2, 0.25) is 0 Å². The number of nitrogens with zero attached hydrogens (tertiary/aromatic N) is 1. The van der Waals surface area contributed by atoms with E-state index in [1.165, 1.54) is 11.3 Å². The lowest BCUT2D eigenvalue weighted by Crippen LogP contribution is -2.38. The number of rotatable bonds is 3. The summed E-state index contributed by atoms with van der Waals surface area (Å²) in [6, 6.07) is 2.22. The van der Waals surface area contributed by atoms with E-state index in [1.54, 1.807) is 17.5 Å². The maximum absolute atomic E-state index is 12.4. The first-order valence-corrected chi connectivity index (χ1v) is 7.62. The third-order valence-electron chi connectivity index (χ3n) is 4.18. The number of amides is 2. The minimum absolute atomic E-state index is 0.305. The number of carbonyl (C=O) groups excluding carboxylic acids is 2. The molecule has 0 aromatic carbocycles. The zero-order valence-electron chi connectivity index (χ0n) is 10.8. The Morgan fingerprint density at radius 2 is 1.85 bits per heavy atom. The highest BCUT2D eigenvalue weighted by atomic mass is 32.1.